The highest BCUT2D eigenvalue weighted by Crippen LogP contribution is 2.26. The lowest BCUT2D eigenvalue weighted by molar-refractivity contribution is -0.138. The van der Waals surface area contributed by atoms with E-state index in [2.05, 4.69) is 9.84 Å². The molecule has 0 saturated carbocycles. The quantitative estimate of drug-likeness (QED) is 0.465. The summed E-state index contributed by atoms with van der Waals surface area (Å²) in [5.41, 5.74) is 1.48. The van der Waals surface area contributed by atoms with Crippen LogP contribution in [-0.2, 0) is 14.3 Å². The number of aromatic nitrogens is 2. The second kappa shape index (κ2) is 7.39. The molecule has 0 aliphatic rings. The molecule has 0 unspecified atom stereocenters. The van der Waals surface area contributed by atoms with Crippen LogP contribution in [-0.4, -0.2) is 30.0 Å². The second-order valence-electron chi connectivity index (χ2n) is 4.47. The van der Waals surface area contributed by atoms with Crippen molar-refractivity contribution in [2.75, 3.05) is 14.2 Å². The fourth-order valence-corrected chi connectivity index (χ4v) is 2.01. The Labute approximate surface area is 143 Å². The van der Waals surface area contributed by atoms with E-state index in [1.165, 1.54) is 25.2 Å². The van der Waals surface area contributed by atoms with Gasteiger partial charge in [0, 0.05) is 6.07 Å². The van der Waals surface area contributed by atoms with Crippen LogP contribution in [0.1, 0.15) is 5.56 Å². The Bertz CT molecular complexity index is 736. The molecular formula is C15H14Cl2N2O4. The number of rotatable bonds is 5. The Morgan fingerprint density at radius 1 is 1.30 bits per heavy atom. The lowest BCUT2D eigenvalue weighted by atomic mass is 10.2. The summed E-state index contributed by atoms with van der Waals surface area (Å²) in [6, 6.07) is 5.33. The van der Waals surface area contributed by atoms with Crippen LogP contribution in [0.15, 0.2) is 36.4 Å². The van der Waals surface area contributed by atoms with Gasteiger partial charge in [0.15, 0.2) is 5.15 Å². The highest BCUT2D eigenvalue weighted by Gasteiger charge is 2.15. The zero-order valence-electron chi connectivity index (χ0n) is 12.7. The van der Waals surface area contributed by atoms with Gasteiger partial charge in [-0.05, 0) is 18.6 Å². The largest absolute Gasteiger partial charge is 0.500 e. The Morgan fingerprint density at radius 2 is 2.04 bits per heavy atom. The van der Waals surface area contributed by atoms with Crippen molar-refractivity contribution in [3.8, 4) is 11.4 Å². The van der Waals surface area contributed by atoms with Crippen molar-refractivity contribution in [1.82, 2.24) is 9.78 Å². The molecular weight excluding hydrogens is 343 g/mol. The van der Waals surface area contributed by atoms with Gasteiger partial charge in [-0.15, -0.1) is 0 Å². The highest BCUT2D eigenvalue weighted by molar-refractivity contribution is 6.41. The van der Waals surface area contributed by atoms with E-state index < -0.39 is 5.97 Å². The molecule has 122 valence electrons. The number of carbonyl (C=O) groups excluding carboxylic acids is 1. The van der Waals surface area contributed by atoms with Crippen molar-refractivity contribution in [2.24, 2.45) is 0 Å². The number of nitrogens with zero attached hydrogens (tertiary/aromatic N) is 2. The molecule has 0 aliphatic carbocycles. The lowest BCUT2D eigenvalue weighted by Gasteiger charge is -2.12. The summed E-state index contributed by atoms with van der Waals surface area (Å²) in [5, 5.41) is 4.62. The molecule has 1 heterocycles. The van der Waals surface area contributed by atoms with E-state index in [9.17, 15) is 4.79 Å². The van der Waals surface area contributed by atoms with Gasteiger partial charge in [-0.2, -0.15) is 5.10 Å². The van der Waals surface area contributed by atoms with E-state index in [-0.39, 0.29) is 10.9 Å². The first-order chi connectivity index (χ1) is 11.0. The molecule has 0 atom stereocenters. The van der Waals surface area contributed by atoms with E-state index in [1.807, 2.05) is 19.1 Å². The fraction of sp³-hybridized carbons (Fsp3) is 0.200. The van der Waals surface area contributed by atoms with Crippen molar-refractivity contribution >= 4 is 29.2 Å². The summed E-state index contributed by atoms with van der Waals surface area (Å²) >= 11 is 11.8. The predicted molar refractivity (Wildman–Crippen MR) is 86.1 cm³/mol. The van der Waals surface area contributed by atoms with Crippen LogP contribution in [0.4, 0.5) is 0 Å². The van der Waals surface area contributed by atoms with Gasteiger partial charge in [-0.25, -0.2) is 9.48 Å². The summed E-state index contributed by atoms with van der Waals surface area (Å²) in [5.74, 6) is -0.285. The molecule has 0 aliphatic heterocycles. The summed E-state index contributed by atoms with van der Waals surface area (Å²) in [6.07, 6.45) is 2.74. The molecule has 0 spiro atoms. The van der Waals surface area contributed by atoms with Gasteiger partial charge in [-0.1, -0.05) is 29.3 Å². The molecule has 0 fully saturated rings. The minimum Gasteiger partial charge on any atom is -0.500 e. The third kappa shape index (κ3) is 3.97. The smallest absolute Gasteiger partial charge is 0.377 e. The van der Waals surface area contributed by atoms with Crippen molar-refractivity contribution in [2.45, 2.75) is 6.92 Å². The Kier molecular flexibility index (Phi) is 5.52. The summed E-state index contributed by atoms with van der Waals surface area (Å²) in [4.78, 5) is 11.7. The predicted octanol–water partition coefficient (Wildman–Crippen LogP) is 3.53. The van der Waals surface area contributed by atoms with Gasteiger partial charge in [0.25, 0.3) is 0 Å². The summed E-state index contributed by atoms with van der Waals surface area (Å²) in [6.45, 7) is 1.84. The first kappa shape index (κ1) is 17.2. The molecule has 0 saturated heterocycles. The number of methoxy groups -OCH3 is 2. The highest BCUT2D eigenvalue weighted by atomic mass is 35.5. The van der Waals surface area contributed by atoms with Crippen LogP contribution in [0.5, 0.6) is 5.75 Å². The van der Waals surface area contributed by atoms with Crippen molar-refractivity contribution in [1.29, 1.82) is 0 Å². The number of hydrogen-bond acceptors (Lipinski definition) is 5. The fourth-order valence-electron chi connectivity index (χ4n) is 1.75. The standard InChI is InChI=1S/C15H14Cl2N2O4/c1-9-4-5-10(19-7-11(16)14(17)18-19)6-12(9)23-13(8-21-2)15(20)22-3/h4-8H,1-3H3/b13-8-. The van der Waals surface area contributed by atoms with Crippen LogP contribution in [0.25, 0.3) is 5.69 Å². The monoisotopic (exact) mass is 356 g/mol. The van der Waals surface area contributed by atoms with E-state index in [0.717, 1.165) is 5.56 Å². The molecule has 1 aromatic carbocycles. The van der Waals surface area contributed by atoms with E-state index in [0.29, 0.717) is 16.5 Å². The number of hydrogen-bond donors (Lipinski definition) is 0. The number of aryl methyl sites for hydroxylation is 1. The molecule has 0 N–H and O–H groups in total. The maximum absolute atomic E-state index is 11.7. The van der Waals surface area contributed by atoms with Crippen LogP contribution in [0.3, 0.4) is 0 Å². The maximum Gasteiger partial charge on any atom is 0.377 e. The Hall–Kier alpha value is -2.18. The summed E-state index contributed by atoms with van der Waals surface area (Å²) in [7, 11) is 2.66. The first-order valence-corrected chi connectivity index (χ1v) is 7.22. The molecule has 2 rings (SSSR count). The normalized spacial score (nSPS) is 11.3. The first-order valence-electron chi connectivity index (χ1n) is 6.47. The van der Waals surface area contributed by atoms with Gasteiger partial charge < -0.3 is 14.2 Å². The van der Waals surface area contributed by atoms with Crippen LogP contribution < -0.4 is 4.74 Å². The van der Waals surface area contributed by atoms with Crippen LogP contribution in [0.2, 0.25) is 10.2 Å². The third-order valence-corrected chi connectivity index (χ3v) is 3.55. The molecule has 23 heavy (non-hydrogen) atoms. The molecule has 0 radical (unpaired) electrons. The Morgan fingerprint density at radius 3 is 2.61 bits per heavy atom. The molecule has 8 heteroatoms. The number of ether oxygens (including phenoxy) is 3. The molecule has 0 bridgehead atoms. The van der Waals surface area contributed by atoms with Crippen molar-refractivity contribution in [3.05, 3.63) is 52.2 Å². The molecule has 0 amide bonds. The van der Waals surface area contributed by atoms with Gasteiger partial charge in [-0.3, -0.25) is 0 Å². The maximum atomic E-state index is 11.7. The van der Waals surface area contributed by atoms with Gasteiger partial charge in [0.05, 0.1) is 31.1 Å². The zero-order valence-corrected chi connectivity index (χ0v) is 14.2. The molecule has 1 aromatic heterocycles. The number of benzene rings is 1. The number of halogens is 2. The average molecular weight is 357 g/mol. The van der Waals surface area contributed by atoms with E-state index in [4.69, 9.17) is 32.7 Å². The minimum absolute atomic E-state index is 0.0771. The number of carbonyl (C=O) groups is 1. The molecule has 2 aromatic rings. The zero-order chi connectivity index (χ0) is 17.0. The average Bonchev–Trinajstić information content (AvgIpc) is 2.87. The Balaban J connectivity index is 2.37. The minimum atomic E-state index is -0.651. The van der Waals surface area contributed by atoms with Crippen molar-refractivity contribution < 1.29 is 19.0 Å². The van der Waals surface area contributed by atoms with Crippen LogP contribution in [0, 0.1) is 6.92 Å². The van der Waals surface area contributed by atoms with Crippen molar-refractivity contribution in [3.63, 3.8) is 0 Å². The number of esters is 1. The SMILES string of the molecule is CO/C=C(\Oc1cc(-n2cc(Cl)c(Cl)n2)ccc1C)C(=O)OC. The van der Waals surface area contributed by atoms with Crippen LogP contribution >= 0.6 is 23.2 Å². The second-order valence-corrected chi connectivity index (χ2v) is 5.24. The van der Waals surface area contributed by atoms with E-state index >= 15 is 0 Å². The van der Waals surface area contributed by atoms with E-state index in [1.54, 1.807) is 12.3 Å². The van der Waals surface area contributed by atoms with Gasteiger partial charge in [0.1, 0.15) is 12.0 Å². The third-order valence-electron chi connectivity index (χ3n) is 2.90. The van der Waals surface area contributed by atoms with Gasteiger partial charge >= 0.3 is 5.97 Å². The summed E-state index contributed by atoms with van der Waals surface area (Å²) < 4.78 is 16.6. The lowest BCUT2D eigenvalue weighted by Crippen LogP contribution is -2.12. The topological polar surface area (TPSA) is 62.6 Å². The van der Waals surface area contributed by atoms with Gasteiger partial charge in [0.2, 0.25) is 5.76 Å². The molecule has 6 nitrogen and oxygen atoms in total.